The van der Waals surface area contributed by atoms with Crippen molar-refractivity contribution in [3.8, 4) is 0 Å². The van der Waals surface area contributed by atoms with Crippen molar-refractivity contribution in [3.05, 3.63) is 11.6 Å². The van der Waals surface area contributed by atoms with E-state index in [2.05, 4.69) is 33.8 Å². The highest BCUT2D eigenvalue weighted by atomic mass is 16.3. The maximum atomic E-state index is 9.76. The van der Waals surface area contributed by atoms with E-state index in [0.29, 0.717) is 5.41 Å². The topological polar surface area (TPSA) is 20.2 Å². The van der Waals surface area contributed by atoms with Crippen LogP contribution in [0.5, 0.6) is 0 Å². The molecular weight excluding hydrogens is 196 g/mol. The molecule has 2 aliphatic carbocycles. The molecule has 92 valence electrons. The van der Waals surface area contributed by atoms with Crippen LogP contribution >= 0.6 is 0 Å². The van der Waals surface area contributed by atoms with Gasteiger partial charge in [-0.1, -0.05) is 32.4 Å². The minimum atomic E-state index is -0.143. The van der Waals surface area contributed by atoms with Crippen molar-refractivity contribution in [1.82, 2.24) is 0 Å². The van der Waals surface area contributed by atoms with Crippen molar-refractivity contribution in [2.24, 2.45) is 22.7 Å². The third kappa shape index (κ3) is 1.73. The summed E-state index contributed by atoms with van der Waals surface area (Å²) in [5.41, 5.74) is 2.14. The van der Waals surface area contributed by atoms with Gasteiger partial charge in [-0.05, 0) is 55.8 Å². The van der Waals surface area contributed by atoms with Gasteiger partial charge in [-0.15, -0.1) is 0 Å². The predicted molar refractivity (Wildman–Crippen MR) is 68.2 cm³/mol. The standard InChI is InChI=1S/C15H26O/c1-10-6-7-12(14(10,3)4)8-13-9-15(13,5)11(2)16/h6,11-13,16H,7-9H2,1-5H3/t11-,12?,13-,15+/m1/s1. The number of hydrogen-bond acceptors (Lipinski definition) is 1. The van der Waals surface area contributed by atoms with E-state index in [1.807, 2.05) is 6.92 Å². The molecule has 2 aliphatic rings. The fourth-order valence-corrected chi connectivity index (χ4v) is 3.27. The first-order valence-corrected chi connectivity index (χ1v) is 6.64. The van der Waals surface area contributed by atoms with E-state index in [4.69, 9.17) is 0 Å². The van der Waals surface area contributed by atoms with Gasteiger partial charge in [-0.25, -0.2) is 0 Å². The number of allylic oxidation sites excluding steroid dienone is 2. The van der Waals surface area contributed by atoms with E-state index in [1.54, 1.807) is 5.57 Å². The van der Waals surface area contributed by atoms with Crippen molar-refractivity contribution < 1.29 is 5.11 Å². The molecular formula is C15H26O. The third-order valence-electron chi connectivity index (χ3n) is 5.73. The fourth-order valence-electron chi connectivity index (χ4n) is 3.27. The monoisotopic (exact) mass is 222 g/mol. The Kier molecular flexibility index (Phi) is 2.73. The molecule has 0 amide bonds. The van der Waals surface area contributed by atoms with Crippen LogP contribution in [0.4, 0.5) is 0 Å². The van der Waals surface area contributed by atoms with Crippen LogP contribution in [0.1, 0.15) is 53.9 Å². The van der Waals surface area contributed by atoms with Crippen LogP contribution in [-0.2, 0) is 0 Å². The zero-order chi connectivity index (χ0) is 12.1. The van der Waals surface area contributed by atoms with Crippen LogP contribution in [-0.4, -0.2) is 11.2 Å². The molecule has 0 aliphatic heterocycles. The van der Waals surface area contributed by atoms with E-state index in [1.165, 1.54) is 19.3 Å². The van der Waals surface area contributed by atoms with Crippen molar-refractivity contribution in [3.63, 3.8) is 0 Å². The molecule has 0 heterocycles. The summed E-state index contributed by atoms with van der Waals surface area (Å²) in [6.07, 6.45) is 6.02. The normalized spacial score (nSPS) is 43.0. The van der Waals surface area contributed by atoms with Crippen LogP contribution in [0, 0.1) is 22.7 Å². The van der Waals surface area contributed by atoms with Gasteiger partial charge in [0.1, 0.15) is 0 Å². The molecule has 1 unspecified atom stereocenters. The van der Waals surface area contributed by atoms with Crippen LogP contribution in [0.15, 0.2) is 11.6 Å². The third-order valence-corrected chi connectivity index (χ3v) is 5.73. The van der Waals surface area contributed by atoms with Gasteiger partial charge in [0, 0.05) is 0 Å². The van der Waals surface area contributed by atoms with Gasteiger partial charge >= 0.3 is 0 Å². The molecule has 0 aromatic rings. The highest BCUT2D eigenvalue weighted by Gasteiger charge is 2.54. The summed E-state index contributed by atoms with van der Waals surface area (Å²) in [7, 11) is 0. The highest BCUT2D eigenvalue weighted by molar-refractivity contribution is 5.19. The highest BCUT2D eigenvalue weighted by Crippen LogP contribution is 2.60. The van der Waals surface area contributed by atoms with Crippen LogP contribution < -0.4 is 0 Å². The zero-order valence-electron chi connectivity index (χ0n) is 11.4. The molecule has 1 N–H and O–H groups in total. The SMILES string of the molecule is CC1=CCC(C[C@@H]2C[C@@]2(C)[C@@H](C)O)C1(C)C. The average Bonchev–Trinajstić information content (AvgIpc) is 2.77. The number of hydrogen-bond donors (Lipinski definition) is 1. The lowest BCUT2D eigenvalue weighted by Gasteiger charge is -2.30. The Labute approximate surface area is 99.9 Å². The van der Waals surface area contributed by atoms with E-state index < -0.39 is 0 Å². The molecule has 2 rings (SSSR count). The second-order valence-electron chi connectivity index (χ2n) is 6.86. The summed E-state index contributed by atoms with van der Waals surface area (Å²) >= 11 is 0. The van der Waals surface area contributed by atoms with E-state index in [-0.39, 0.29) is 11.5 Å². The number of aliphatic hydroxyl groups excluding tert-OH is 1. The van der Waals surface area contributed by atoms with Gasteiger partial charge in [0.05, 0.1) is 6.10 Å². The lowest BCUT2D eigenvalue weighted by atomic mass is 9.74. The first-order chi connectivity index (χ1) is 7.28. The van der Waals surface area contributed by atoms with Crippen LogP contribution in [0.25, 0.3) is 0 Å². The Bertz CT molecular complexity index is 313. The summed E-state index contributed by atoms with van der Waals surface area (Å²) < 4.78 is 0. The minimum Gasteiger partial charge on any atom is -0.393 e. The molecule has 0 bridgehead atoms. The predicted octanol–water partition coefficient (Wildman–Crippen LogP) is 3.78. The molecule has 0 radical (unpaired) electrons. The number of rotatable bonds is 3. The van der Waals surface area contributed by atoms with Gasteiger partial charge < -0.3 is 5.11 Å². The van der Waals surface area contributed by atoms with Gasteiger partial charge in [-0.3, -0.25) is 0 Å². The molecule has 0 spiro atoms. The van der Waals surface area contributed by atoms with Gasteiger partial charge in [0.25, 0.3) is 0 Å². The molecule has 1 fully saturated rings. The molecule has 1 nitrogen and oxygen atoms in total. The van der Waals surface area contributed by atoms with Crippen molar-refractivity contribution in [1.29, 1.82) is 0 Å². The van der Waals surface area contributed by atoms with E-state index in [0.717, 1.165) is 11.8 Å². The Morgan fingerprint density at radius 3 is 2.38 bits per heavy atom. The second kappa shape index (κ2) is 3.60. The number of aliphatic hydroxyl groups is 1. The molecule has 1 saturated carbocycles. The fraction of sp³-hybridized carbons (Fsp3) is 0.867. The smallest absolute Gasteiger partial charge is 0.0568 e. The first-order valence-electron chi connectivity index (χ1n) is 6.64. The molecule has 16 heavy (non-hydrogen) atoms. The van der Waals surface area contributed by atoms with Crippen LogP contribution in [0.2, 0.25) is 0 Å². The molecule has 0 aromatic carbocycles. The molecule has 0 saturated heterocycles. The molecule has 4 atom stereocenters. The second-order valence-corrected chi connectivity index (χ2v) is 6.86. The lowest BCUT2D eigenvalue weighted by Crippen LogP contribution is -2.23. The molecule has 0 aromatic heterocycles. The maximum absolute atomic E-state index is 9.76. The summed E-state index contributed by atoms with van der Waals surface area (Å²) in [6, 6.07) is 0. The summed E-state index contributed by atoms with van der Waals surface area (Å²) in [5, 5.41) is 9.76. The minimum absolute atomic E-state index is 0.143. The Balaban J connectivity index is 1.95. The van der Waals surface area contributed by atoms with E-state index >= 15 is 0 Å². The van der Waals surface area contributed by atoms with Crippen molar-refractivity contribution in [2.75, 3.05) is 0 Å². The Morgan fingerprint density at radius 1 is 1.38 bits per heavy atom. The van der Waals surface area contributed by atoms with E-state index in [9.17, 15) is 5.11 Å². The Morgan fingerprint density at radius 2 is 2.00 bits per heavy atom. The first kappa shape index (κ1) is 12.2. The summed E-state index contributed by atoms with van der Waals surface area (Å²) in [6.45, 7) is 11.2. The Hall–Kier alpha value is -0.300. The maximum Gasteiger partial charge on any atom is 0.0568 e. The van der Waals surface area contributed by atoms with Gasteiger partial charge in [0.15, 0.2) is 0 Å². The quantitative estimate of drug-likeness (QED) is 0.721. The van der Waals surface area contributed by atoms with Crippen molar-refractivity contribution in [2.45, 2.75) is 60.0 Å². The lowest BCUT2D eigenvalue weighted by molar-refractivity contribution is 0.104. The zero-order valence-corrected chi connectivity index (χ0v) is 11.4. The summed E-state index contributed by atoms with van der Waals surface area (Å²) in [5.74, 6) is 1.54. The van der Waals surface area contributed by atoms with Gasteiger partial charge in [0.2, 0.25) is 0 Å². The largest absolute Gasteiger partial charge is 0.393 e. The van der Waals surface area contributed by atoms with Crippen molar-refractivity contribution >= 4 is 0 Å². The van der Waals surface area contributed by atoms with Gasteiger partial charge in [-0.2, -0.15) is 0 Å². The van der Waals surface area contributed by atoms with Crippen LogP contribution in [0.3, 0.4) is 0 Å². The summed E-state index contributed by atoms with van der Waals surface area (Å²) in [4.78, 5) is 0. The molecule has 1 heteroatoms. The average molecular weight is 222 g/mol.